The van der Waals surface area contributed by atoms with Gasteiger partial charge in [-0.1, -0.05) is 24.3 Å². The van der Waals surface area contributed by atoms with Crippen LogP contribution in [0.15, 0.2) is 48.5 Å². The zero-order chi connectivity index (χ0) is 18.5. The van der Waals surface area contributed by atoms with Gasteiger partial charge in [-0.05, 0) is 41.8 Å². The van der Waals surface area contributed by atoms with Gasteiger partial charge < -0.3 is 14.7 Å². The number of aryl methyl sites for hydroxylation is 1. The van der Waals surface area contributed by atoms with Gasteiger partial charge in [0.25, 0.3) is 0 Å². The smallest absolute Gasteiger partial charge is 0.335 e. The first-order valence-electron chi connectivity index (χ1n) is 8.50. The van der Waals surface area contributed by atoms with Crippen LogP contribution < -0.4 is 0 Å². The van der Waals surface area contributed by atoms with E-state index in [-0.39, 0.29) is 23.4 Å². The summed E-state index contributed by atoms with van der Waals surface area (Å²) in [7, 11) is 0. The minimum absolute atomic E-state index is 0.0303. The minimum Gasteiger partial charge on any atom is -0.478 e. The highest BCUT2D eigenvalue weighted by atomic mass is 19.1. The number of carboxylic acid groups (broad SMARTS) is 1. The molecule has 1 heterocycles. The van der Waals surface area contributed by atoms with Crippen LogP contribution in [-0.2, 0) is 16.0 Å². The maximum Gasteiger partial charge on any atom is 0.335 e. The van der Waals surface area contributed by atoms with Crippen molar-refractivity contribution < 1.29 is 23.8 Å². The second kappa shape index (κ2) is 8.10. The molecule has 0 unspecified atom stereocenters. The first-order valence-corrected chi connectivity index (χ1v) is 8.50. The predicted molar refractivity (Wildman–Crippen MR) is 93.4 cm³/mol. The molecule has 1 N–H and O–H groups in total. The Morgan fingerprint density at radius 3 is 2.46 bits per heavy atom. The number of rotatable bonds is 5. The number of carbonyl (C=O) groups is 2. The van der Waals surface area contributed by atoms with E-state index in [1.165, 1.54) is 12.1 Å². The van der Waals surface area contributed by atoms with Crippen molar-refractivity contribution in [1.29, 1.82) is 0 Å². The summed E-state index contributed by atoms with van der Waals surface area (Å²) in [4.78, 5) is 25.1. The van der Waals surface area contributed by atoms with Crippen LogP contribution in [0.25, 0.3) is 0 Å². The van der Waals surface area contributed by atoms with E-state index in [2.05, 4.69) is 0 Å². The predicted octanol–water partition coefficient (Wildman–Crippen LogP) is 3.06. The second-order valence-corrected chi connectivity index (χ2v) is 6.25. The highest BCUT2D eigenvalue weighted by Crippen LogP contribution is 2.23. The summed E-state index contributed by atoms with van der Waals surface area (Å²) >= 11 is 0. The Morgan fingerprint density at radius 2 is 1.81 bits per heavy atom. The molecule has 1 fully saturated rings. The van der Waals surface area contributed by atoms with Crippen molar-refractivity contribution in [3.05, 3.63) is 71.0 Å². The lowest BCUT2D eigenvalue weighted by atomic mass is 10.1. The fourth-order valence-corrected chi connectivity index (χ4v) is 2.98. The van der Waals surface area contributed by atoms with Crippen LogP contribution in [0.2, 0.25) is 0 Å². The summed E-state index contributed by atoms with van der Waals surface area (Å²) in [5.41, 5.74) is 2.01. The van der Waals surface area contributed by atoms with E-state index in [4.69, 9.17) is 9.84 Å². The van der Waals surface area contributed by atoms with E-state index in [9.17, 15) is 14.0 Å². The maximum atomic E-state index is 13.1. The van der Waals surface area contributed by atoms with Crippen molar-refractivity contribution in [3.63, 3.8) is 0 Å². The molecule has 1 atom stereocenters. The third-order valence-corrected chi connectivity index (χ3v) is 4.49. The third kappa shape index (κ3) is 4.46. The van der Waals surface area contributed by atoms with Crippen molar-refractivity contribution in [2.24, 2.45) is 0 Å². The molecule has 2 aromatic rings. The molecule has 0 aromatic heterocycles. The number of morpholine rings is 1. The van der Waals surface area contributed by atoms with Crippen LogP contribution in [0, 0.1) is 5.82 Å². The van der Waals surface area contributed by atoms with Crippen molar-refractivity contribution in [3.8, 4) is 0 Å². The molecular weight excluding hydrogens is 337 g/mol. The van der Waals surface area contributed by atoms with Crippen LogP contribution in [-0.4, -0.2) is 41.6 Å². The number of carboxylic acids is 1. The van der Waals surface area contributed by atoms with Gasteiger partial charge in [-0.25, -0.2) is 9.18 Å². The van der Waals surface area contributed by atoms with Gasteiger partial charge in [0.1, 0.15) is 11.9 Å². The Labute approximate surface area is 151 Å². The molecule has 1 aliphatic heterocycles. The average molecular weight is 357 g/mol. The quantitative estimate of drug-likeness (QED) is 0.893. The molecule has 6 heteroatoms. The van der Waals surface area contributed by atoms with Gasteiger partial charge in [0, 0.05) is 13.0 Å². The standard InChI is InChI=1S/C20H20FNO4/c21-17-8-6-15(7-9-17)18-13-22(11-12-26-18)19(23)10-3-14-1-4-16(5-2-14)20(24)25/h1-2,4-9,18H,3,10-13H2,(H,24,25)/t18-/m1/s1. The van der Waals surface area contributed by atoms with Crippen LogP contribution in [0.1, 0.15) is 34.0 Å². The van der Waals surface area contributed by atoms with Crippen LogP contribution in [0.5, 0.6) is 0 Å². The van der Waals surface area contributed by atoms with E-state index >= 15 is 0 Å². The SMILES string of the molecule is O=C(O)c1ccc(CCC(=O)N2CCO[C@@H](c3ccc(F)cc3)C2)cc1. The second-order valence-electron chi connectivity index (χ2n) is 6.25. The van der Waals surface area contributed by atoms with E-state index in [0.717, 1.165) is 11.1 Å². The zero-order valence-corrected chi connectivity index (χ0v) is 14.2. The molecule has 2 aromatic carbocycles. The Balaban J connectivity index is 1.55. The summed E-state index contributed by atoms with van der Waals surface area (Å²) in [6, 6.07) is 12.7. The van der Waals surface area contributed by atoms with Crippen LogP contribution in [0.4, 0.5) is 4.39 Å². The molecule has 1 saturated heterocycles. The lowest BCUT2D eigenvalue weighted by Crippen LogP contribution is -2.42. The van der Waals surface area contributed by atoms with E-state index < -0.39 is 5.97 Å². The number of nitrogens with zero attached hydrogens (tertiary/aromatic N) is 1. The van der Waals surface area contributed by atoms with Crippen molar-refractivity contribution >= 4 is 11.9 Å². The Morgan fingerprint density at radius 1 is 1.12 bits per heavy atom. The van der Waals surface area contributed by atoms with Crippen molar-refractivity contribution in [1.82, 2.24) is 4.90 Å². The molecule has 0 spiro atoms. The molecule has 5 nitrogen and oxygen atoms in total. The monoisotopic (exact) mass is 357 g/mol. The maximum absolute atomic E-state index is 13.1. The number of carbonyl (C=O) groups excluding carboxylic acids is 1. The zero-order valence-electron chi connectivity index (χ0n) is 14.2. The summed E-state index contributed by atoms with van der Waals surface area (Å²) in [5, 5.41) is 8.90. The number of halogens is 1. The van der Waals surface area contributed by atoms with E-state index in [1.807, 2.05) is 0 Å². The van der Waals surface area contributed by atoms with Gasteiger partial charge in [-0.2, -0.15) is 0 Å². The van der Waals surface area contributed by atoms with Gasteiger partial charge >= 0.3 is 5.97 Å². The molecule has 0 saturated carbocycles. The Bertz CT molecular complexity index is 773. The molecule has 0 radical (unpaired) electrons. The molecule has 1 amide bonds. The van der Waals surface area contributed by atoms with Crippen LogP contribution >= 0.6 is 0 Å². The van der Waals surface area contributed by atoms with Crippen LogP contribution in [0.3, 0.4) is 0 Å². The minimum atomic E-state index is -0.965. The average Bonchev–Trinajstić information content (AvgIpc) is 2.67. The lowest BCUT2D eigenvalue weighted by molar-refractivity contribution is -0.139. The molecule has 26 heavy (non-hydrogen) atoms. The number of hydrogen-bond donors (Lipinski definition) is 1. The lowest BCUT2D eigenvalue weighted by Gasteiger charge is -2.33. The highest BCUT2D eigenvalue weighted by Gasteiger charge is 2.25. The van der Waals surface area contributed by atoms with Gasteiger partial charge in [-0.15, -0.1) is 0 Å². The van der Waals surface area contributed by atoms with Gasteiger partial charge in [0.05, 0.1) is 18.7 Å². The van der Waals surface area contributed by atoms with Crippen molar-refractivity contribution in [2.45, 2.75) is 18.9 Å². The summed E-state index contributed by atoms with van der Waals surface area (Å²) < 4.78 is 18.8. The Kier molecular flexibility index (Phi) is 5.63. The van der Waals surface area contributed by atoms with Gasteiger partial charge in [0.15, 0.2) is 0 Å². The van der Waals surface area contributed by atoms with E-state index in [0.29, 0.717) is 32.5 Å². The molecule has 1 aliphatic rings. The molecule has 0 bridgehead atoms. The van der Waals surface area contributed by atoms with Gasteiger partial charge in [0.2, 0.25) is 5.91 Å². The highest BCUT2D eigenvalue weighted by molar-refractivity contribution is 5.87. The fourth-order valence-electron chi connectivity index (χ4n) is 2.98. The van der Waals surface area contributed by atoms with Gasteiger partial charge in [-0.3, -0.25) is 4.79 Å². The summed E-state index contributed by atoms with van der Waals surface area (Å²) in [6.07, 6.45) is 0.656. The Hall–Kier alpha value is -2.73. The molecule has 0 aliphatic carbocycles. The summed E-state index contributed by atoms with van der Waals surface area (Å²) in [6.45, 7) is 1.43. The molecule has 3 rings (SSSR count). The number of aromatic carboxylic acids is 1. The third-order valence-electron chi connectivity index (χ3n) is 4.49. The first kappa shape index (κ1) is 18.1. The molecular formula is C20H20FNO4. The fraction of sp³-hybridized carbons (Fsp3) is 0.300. The normalized spacial score (nSPS) is 17.1. The molecule has 136 valence electrons. The first-order chi connectivity index (χ1) is 12.5. The topological polar surface area (TPSA) is 66.8 Å². The summed E-state index contributed by atoms with van der Waals surface area (Å²) in [5.74, 6) is -1.23. The number of hydrogen-bond acceptors (Lipinski definition) is 3. The number of ether oxygens (including phenoxy) is 1. The van der Waals surface area contributed by atoms with Crippen molar-refractivity contribution in [2.75, 3.05) is 19.7 Å². The number of amides is 1. The largest absolute Gasteiger partial charge is 0.478 e. The van der Waals surface area contributed by atoms with E-state index in [1.54, 1.807) is 41.3 Å². The number of benzene rings is 2.